The van der Waals surface area contributed by atoms with Gasteiger partial charge in [-0.2, -0.15) is 0 Å². The second-order valence-corrected chi connectivity index (χ2v) is 4.49. The lowest BCUT2D eigenvalue weighted by Gasteiger charge is -2.20. The summed E-state index contributed by atoms with van der Waals surface area (Å²) in [5.74, 6) is 0.0686. The Morgan fingerprint density at radius 1 is 1.50 bits per heavy atom. The first-order chi connectivity index (χ1) is 7.49. The molecule has 1 amide bonds. The predicted molar refractivity (Wildman–Crippen MR) is 71.4 cm³/mol. The van der Waals surface area contributed by atoms with Crippen molar-refractivity contribution in [3.05, 3.63) is 0 Å². The van der Waals surface area contributed by atoms with Crippen molar-refractivity contribution >= 4 is 23.1 Å². The molecule has 0 spiro atoms. The maximum Gasteiger partial charge on any atom is 0.234 e. The third kappa shape index (κ3) is 7.59. The summed E-state index contributed by atoms with van der Waals surface area (Å²) in [6.07, 6.45) is 1.62. The normalized spacial score (nSPS) is 12.5. The Morgan fingerprint density at radius 3 is 2.56 bits per heavy atom. The molecule has 0 bridgehead atoms. The summed E-state index contributed by atoms with van der Waals surface area (Å²) in [7, 11) is 0. The Labute approximate surface area is 104 Å². The van der Waals surface area contributed by atoms with E-state index in [0.29, 0.717) is 18.0 Å². The largest absolute Gasteiger partial charge is 0.393 e. The van der Waals surface area contributed by atoms with Crippen LogP contribution in [0.2, 0.25) is 0 Å². The molecule has 0 radical (unpaired) electrons. The van der Waals surface area contributed by atoms with Crippen molar-refractivity contribution in [2.45, 2.75) is 39.7 Å². The quantitative estimate of drug-likeness (QED) is 0.624. The van der Waals surface area contributed by atoms with E-state index in [-0.39, 0.29) is 11.9 Å². The van der Waals surface area contributed by atoms with Crippen molar-refractivity contribution in [3.63, 3.8) is 0 Å². The second-order valence-electron chi connectivity index (χ2n) is 3.96. The van der Waals surface area contributed by atoms with E-state index < -0.39 is 0 Å². The zero-order valence-electron chi connectivity index (χ0n) is 10.5. The molecule has 16 heavy (non-hydrogen) atoms. The van der Waals surface area contributed by atoms with Gasteiger partial charge < -0.3 is 11.1 Å². The van der Waals surface area contributed by atoms with Crippen LogP contribution in [0.1, 0.15) is 33.6 Å². The summed E-state index contributed by atoms with van der Waals surface area (Å²) in [6, 6.07) is 0.238. The fraction of sp³-hybridized carbons (Fsp3) is 0.818. The fourth-order valence-electron chi connectivity index (χ4n) is 1.24. The van der Waals surface area contributed by atoms with Crippen LogP contribution >= 0.6 is 12.2 Å². The Bertz CT molecular complexity index is 233. The lowest BCUT2D eigenvalue weighted by Crippen LogP contribution is -2.41. The van der Waals surface area contributed by atoms with E-state index >= 15 is 0 Å². The van der Waals surface area contributed by atoms with Gasteiger partial charge in [0.25, 0.3) is 0 Å². The minimum Gasteiger partial charge on any atom is -0.393 e. The number of nitrogens with two attached hydrogens (primary N) is 1. The van der Waals surface area contributed by atoms with Crippen molar-refractivity contribution in [3.8, 4) is 0 Å². The number of likely N-dealkylation sites (N-methyl/N-ethyl adjacent to an activating group) is 1. The van der Waals surface area contributed by atoms with Crippen LogP contribution in [-0.4, -0.2) is 41.5 Å². The molecule has 1 atom stereocenters. The maximum absolute atomic E-state index is 11.6. The van der Waals surface area contributed by atoms with Gasteiger partial charge in [0.05, 0.1) is 11.5 Å². The molecular weight excluding hydrogens is 222 g/mol. The molecule has 0 aliphatic carbocycles. The van der Waals surface area contributed by atoms with E-state index in [1.165, 1.54) is 0 Å². The molecule has 4 nitrogen and oxygen atoms in total. The van der Waals surface area contributed by atoms with E-state index in [1.54, 1.807) is 0 Å². The Hall–Kier alpha value is -0.680. The monoisotopic (exact) mass is 245 g/mol. The second kappa shape index (κ2) is 8.47. The van der Waals surface area contributed by atoms with Crippen molar-refractivity contribution in [2.75, 3.05) is 19.6 Å². The van der Waals surface area contributed by atoms with E-state index in [2.05, 4.69) is 12.2 Å². The predicted octanol–water partition coefficient (Wildman–Crippen LogP) is 0.899. The molecule has 0 aromatic carbocycles. The molecule has 0 heterocycles. The zero-order valence-corrected chi connectivity index (χ0v) is 11.3. The van der Waals surface area contributed by atoms with Crippen molar-refractivity contribution in [1.29, 1.82) is 0 Å². The molecule has 3 N–H and O–H groups in total. The third-order valence-electron chi connectivity index (χ3n) is 2.51. The van der Waals surface area contributed by atoms with Crippen molar-refractivity contribution in [2.24, 2.45) is 5.73 Å². The van der Waals surface area contributed by atoms with Gasteiger partial charge >= 0.3 is 0 Å². The van der Waals surface area contributed by atoms with Crippen LogP contribution in [0.4, 0.5) is 0 Å². The van der Waals surface area contributed by atoms with Gasteiger partial charge in [-0.15, -0.1) is 0 Å². The highest BCUT2D eigenvalue weighted by Gasteiger charge is 2.10. The Balaban J connectivity index is 3.92. The fourth-order valence-corrected chi connectivity index (χ4v) is 1.33. The van der Waals surface area contributed by atoms with Crippen LogP contribution < -0.4 is 11.1 Å². The van der Waals surface area contributed by atoms with Crippen LogP contribution in [0.5, 0.6) is 0 Å². The summed E-state index contributed by atoms with van der Waals surface area (Å²) in [5, 5.41) is 2.94. The van der Waals surface area contributed by atoms with Crippen molar-refractivity contribution < 1.29 is 4.79 Å². The van der Waals surface area contributed by atoms with Crippen molar-refractivity contribution in [1.82, 2.24) is 10.2 Å². The van der Waals surface area contributed by atoms with E-state index in [0.717, 1.165) is 19.5 Å². The Kier molecular flexibility index (Phi) is 8.11. The van der Waals surface area contributed by atoms with E-state index in [4.69, 9.17) is 18.0 Å². The van der Waals surface area contributed by atoms with E-state index in [9.17, 15) is 4.79 Å². The summed E-state index contributed by atoms with van der Waals surface area (Å²) >= 11 is 4.81. The first kappa shape index (κ1) is 15.3. The average Bonchev–Trinajstić information content (AvgIpc) is 2.23. The summed E-state index contributed by atoms with van der Waals surface area (Å²) in [5.41, 5.74) is 5.43. The number of carbonyl (C=O) groups excluding carboxylic acids is 1. The average molecular weight is 245 g/mol. The molecular formula is C11H23N3OS. The molecule has 0 rings (SSSR count). The highest BCUT2D eigenvalue weighted by Crippen LogP contribution is 1.93. The van der Waals surface area contributed by atoms with Crippen LogP contribution in [-0.2, 0) is 4.79 Å². The number of hydrogen-bond donors (Lipinski definition) is 2. The first-order valence-corrected chi connectivity index (χ1v) is 6.20. The first-order valence-electron chi connectivity index (χ1n) is 5.79. The standard InChI is InChI=1S/C11H23N3OS/c1-4-9(3)13-11(15)8-14(5-2)7-6-10(12)16/h9H,4-8H2,1-3H3,(H2,12,16)(H,13,15). The van der Waals surface area contributed by atoms with Crippen LogP contribution in [0.25, 0.3) is 0 Å². The third-order valence-corrected chi connectivity index (χ3v) is 2.71. The highest BCUT2D eigenvalue weighted by atomic mass is 32.1. The number of thiocarbonyl (C=S) groups is 1. The molecule has 0 saturated carbocycles. The molecule has 0 aliphatic rings. The minimum absolute atomic E-state index is 0.0686. The van der Waals surface area contributed by atoms with Gasteiger partial charge in [0.15, 0.2) is 0 Å². The number of amides is 1. The summed E-state index contributed by atoms with van der Waals surface area (Å²) in [4.78, 5) is 14.1. The molecule has 0 aromatic rings. The lowest BCUT2D eigenvalue weighted by atomic mass is 10.2. The van der Waals surface area contributed by atoms with Crippen LogP contribution in [0.3, 0.4) is 0 Å². The van der Waals surface area contributed by atoms with Gasteiger partial charge in [0, 0.05) is 19.0 Å². The van der Waals surface area contributed by atoms with E-state index in [1.807, 2.05) is 18.7 Å². The molecule has 0 fully saturated rings. The number of carbonyl (C=O) groups is 1. The molecule has 0 aromatic heterocycles. The molecule has 0 saturated heterocycles. The van der Waals surface area contributed by atoms with Crippen LogP contribution in [0, 0.1) is 0 Å². The number of nitrogens with one attached hydrogen (secondary N) is 1. The zero-order chi connectivity index (χ0) is 12.6. The van der Waals surface area contributed by atoms with Gasteiger partial charge in [-0.3, -0.25) is 9.69 Å². The maximum atomic E-state index is 11.6. The molecule has 5 heteroatoms. The van der Waals surface area contributed by atoms with Gasteiger partial charge in [-0.05, 0) is 19.9 Å². The lowest BCUT2D eigenvalue weighted by molar-refractivity contribution is -0.122. The summed E-state index contributed by atoms with van der Waals surface area (Å²) < 4.78 is 0. The Morgan fingerprint density at radius 2 is 2.12 bits per heavy atom. The highest BCUT2D eigenvalue weighted by molar-refractivity contribution is 7.80. The van der Waals surface area contributed by atoms with Gasteiger partial charge in [-0.25, -0.2) is 0 Å². The topological polar surface area (TPSA) is 58.4 Å². The van der Waals surface area contributed by atoms with Crippen LogP contribution in [0.15, 0.2) is 0 Å². The number of hydrogen-bond acceptors (Lipinski definition) is 3. The number of nitrogens with zero attached hydrogens (tertiary/aromatic N) is 1. The SMILES string of the molecule is CCC(C)NC(=O)CN(CC)CCC(N)=S. The molecule has 94 valence electrons. The molecule has 1 unspecified atom stereocenters. The molecule has 0 aliphatic heterocycles. The number of rotatable bonds is 8. The van der Waals surface area contributed by atoms with Gasteiger partial charge in [0.2, 0.25) is 5.91 Å². The van der Waals surface area contributed by atoms with Gasteiger partial charge in [0.1, 0.15) is 0 Å². The van der Waals surface area contributed by atoms with Gasteiger partial charge in [-0.1, -0.05) is 26.1 Å². The summed E-state index contributed by atoms with van der Waals surface area (Å²) in [6.45, 7) is 8.08. The smallest absolute Gasteiger partial charge is 0.234 e. The minimum atomic E-state index is 0.0686.